The van der Waals surface area contributed by atoms with Crippen molar-refractivity contribution in [3.05, 3.63) is 88.8 Å². The van der Waals surface area contributed by atoms with Crippen molar-refractivity contribution in [2.75, 3.05) is 20.8 Å². The van der Waals surface area contributed by atoms with E-state index in [2.05, 4.69) is 5.32 Å². The van der Waals surface area contributed by atoms with Gasteiger partial charge < -0.3 is 23.9 Å². The van der Waals surface area contributed by atoms with Gasteiger partial charge in [-0.25, -0.2) is 4.79 Å². The van der Waals surface area contributed by atoms with Crippen LogP contribution in [0.4, 0.5) is 0 Å². The van der Waals surface area contributed by atoms with Crippen LogP contribution >= 0.6 is 0 Å². The Morgan fingerprint density at radius 3 is 2.45 bits per heavy atom. The molecule has 0 bridgehead atoms. The Bertz CT molecular complexity index is 1330. The molecular weight excluding hydrogens is 422 g/mol. The van der Waals surface area contributed by atoms with E-state index in [1.54, 1.807) is 38.5 Å². The highest BCUT2D eigenvalue weighted by Crippen LogP contribution is 2.30. The van der Waals surface area contributed by atoms with Gasteiger partial charge in [0.25, 0.3) is 5.91 Å². The number of amides is 1. The lowest BCUT2D eigenvalue weighted by Gasteiger charge is -2.11. The van der Waals surface area contributed by atoms with E-state index < -0.39 is 5.63 Å². The summed E-state index contributed by atoms with van der Waals surface area (Å²) in [7, 11) is 3.12. The Morgan fingerprint density at radius 2 is 1.70 bits per heavy atom. The van der Waals surface area contributed by atoms with Crippen molar-refractivity contribution in [3.8, 4) is 28.4 Å². The van der Waals surface area contributed by atoms with Crippen LogP contribution < -0.4 is 25.2 Å². The monoisotopic (exact) mass is 445 g/mol. The molecule has 1 heterocycles. The highest BCUT2D eigenvalue weighted by Gasteiger charge is 2.11. The Labute approximate surface area is 190 Å². The number of benzene rings is 3. The number of nitrogens with one attached hydrogen (secondary N) is 1. The zero-order chi connectivity index (χ0) is 23.2. The standard InChI is InChI=1S/C26H23NO6/c1-30-22-11-8-17(12-24(22)31-2)15-27-25(28)16-32-19-9-10-20-21(18-6-4-3-5-7-18)14-26(29)33-23(20)13-19/h3-14H,15-16H2,1-2H3,(H,27,28). The number of carbonyl (C=O) groups is 1. The smallest absolute Gasteiger partial charge is 0.336 e. The van der Waals surface area contributed by atoms with Crippen LogP contribution in [0.25, 0.3) is 22.1 Å². The second kappa shape index (κ2) is 9.91. The molecular formula is C26H23NO6. The molecule has 0 aliphatic rings. The largest absolute Gasteiger partial charge is 0.493 e. The topological polar surface area (TPSA) is 87.0 Å². The van der Waals surface area contributed by atoms with Gasteiger partial charge in [0.15, 0.2) is 18.1 Å². The van der Waals surface area contributed by atoms with E-state index in [9.17, 15) is 9.59 Å². The molecule has 0 fully saturated rings. The van der Waals surface area contributed by atoms with Gasteiger partial charge in [0.05, 0.1) is 14.2 Å². The van der Waals surface area contributed by atoms with Gasteiger partial charge in [-0.15, -0.1) is 0 Å². The van der Waals surface area contributed by atoms with Gasteiger partial charge in [0.1, 0.15) is 11.3 Å². The van der Waals surface area contributed by atoms with Gasteiger partial charge in [0, 0.05) is 24.1 Å². The van der Waals surface area contributed by atoms with Crippen molar-refractivity contribution in [2.45, 2.75) is 6.54 Å². The number of carbonyl (C=O) groups excluding carboxylic acids is 1. The molecule has 33 heavy (non-hydrogen) atoms. The minimum Gasteiger partial charge on any atom is -0.493 e. The second-order valence-electron chi connectivity index (χ2n) is 7.26. The van der Waals surface area contributed by atoms with Crippen LogP contribution in [0.3, 0.4) is 0 Å². The Morgan fingerprint density at radius 1 is 0.909 bits per heavy atom. The van der Waals surface area contributed by atoms with Crippen LogP contribution in [-0.2, 0) is 11.3 Å². The third kappa shape index (κ3) is 5.15. The molecule has 3 aromatic carbocycles. The number of fused-ring (bicyclic) bond motifs is 1. The molecule has 0 radical (unpaired) electrons. The number of hydrogen-bond acceptors (Lipinski definition) is 6. The van der Waals surface area contributed by atoms with Crippen LogP contribution in [0.5, 0.6) is 17.2 Å². The normalized spacial score (nSPS) is 10.6. The number of rotatable bonds is 8. The van der Waals surface area contributed by atoms with E-state index >= 15 is 0 Å². The van der Waals surface area contributed by atoms with Crippen LogP contribution in [0.2, 0.25) is 0 Å². The average molecular weight is 445 g/mol. The van der Waals surface area contributed by atoms with Gasteiger partial charge in [-0.05, 0) is 41.0 Å². The Kier molecular flexibility index (Phi) is 6.59. The molecule has 1 aromatic heterocycles. The molecule has 0 saturated heterocycles. The summed E-state index contributed by atoms with van der Waals surface area (Å²) >= 11 is 0. The predicted octanol–water partition coefficient (Wildman–Crippen LogP) is 4.17. The summed E-state index contributed by atoms with van der Waals surface area (Å²) in [5.74, 6) is 1.35. The predicted molar refractivity (Wildman–Crippen MR) is 125 cm³/mol. The third-order valence-corrected chi connectivity index (χ3v) is 5.11. The number of hydrogen-bond donors (Lipinski definition) is 1. The SMILES string of the molecule is COc1ccc(CNC(=O)COc2ccc3c(-c4ccccc4)cc(=O)oc3c2)cc1OC. The molecule has 7 nitrogen and oxygen atoms in total. The molecule has 0 aliphatic heterocycles. The molecule has 1 amide bonds. The van der Waals surface area contributed by atoms with Gasteiger partial charge in [-0.1, -0.05) is 36.4 Å². The summed E-state index contributed by atoms with van der Waals surface area (Å²) in [4.78, 5) is 24.3. The number of methoxy groups -OCH3 is 2. The summed E-state index contributed by atoms with van der Waals surface area (Å²) in [6.07, 6.45) is 0. The molecule has 0 atom stereocenters. The first-order valence-corrected chi connectivity index (χ1v) is 10.3. The summed E-state index contributed by atoms with van der Waals surface area (Å²) < 4.78 is 21.5. The molecule has 4 aromatic rings. The van der Waals surface area contributed by atoms with E-state index in [0.717, 1.165) is 22.1 Å². The molecule has 1 N–H and O–H groups in total. The summed E-state index contributed by atoms with van der Waals surface area (Å²) in [6, 6.07) is 21.7. The zero-order valence-electron chi connectivity index (χ0n) is 18.3. The second-order valence-corrected chi connectivity index (χ2v) is 7.26. The Hall–Kier alpha value is -4.26. The van der Waals surface area contributed by atoms with Crippen molar-refractivity contribution in [1.29, 1.82) is 0 Å². The lowest BCUT2D eigenvalue weighted by atomic mass is 10.0. The Balaban J connectivity index is 1.42. The van der Waals surface area contributed by atoms with E-state index in [1.165, 1.54) is 6.07 Å². The highest BCUT2D eigenvalue weighted by atomic mass is 16.5. The summed E-state index contributed by atoms with van der Waals surface area (Å²) in [5, 5.41) is 3.58. The van der Waals surface area contributed by atoms with Crippen molar-refractivity contribution in [3.63, 3.8) is 0 Å². The fourth-order valence-electron chi connectivity index (χ4n) is 3.48. The molecule has 0 aliphatic carbocycles. The lowest BCUT2D eigenvalue weighted by molar-refractivity contribution is -0.123. The highest BCUT2D eigenvalue weighted by molar-refractivity contribution is 5.93. The fraction of sp³-hybridized carbons (Fsp3) is 0.154. The minimum atomic E-state index is -0.453. The van der Waals surface area contributed by atoms with E-state index in [4.69, 9.17) is 18.6 Å². The maximum Gasteiger partial charge on any atom is 0.336 e. The van der Waals surface area contributed by atoms with Crippen LogP contribution in [0.15, 0.2) is 82.0 Å². The van der Waals surface area contributed by atoms with Gasteiger partial charge in [0.2, 0.25) is 0 Å². The molecule has 0 saturated carbocycles. The first-order valence-electron chi connectivity index (χ1n) is 10.3. The maximum absolute atomic E-state index is 12.3. The minimum absolute atomic E-state index is 0.179. The van der Waals surface area contributed by atoms with Gasteiger partial charge in [-0.2, -0.15) is 0 Å². The van der Waals surface area contributed by atoms with Crippen molar-refractivity contribution < 1.29 is 23.4 Å². The van der Waals surface area contributed by atoms with Crippen LogP contribution in [0, 0.1) is 0 Å². The van der Waals surface area contributed by atoms with Crippen molar-refractivity contribution in [2.24, 2.45) is 0 Å². The molecule has 0 spiro atoms. The fourth-order valence-corrected chi connectivity index (χ4v) is 3.48. The van der Waals surface area contributed by atoms with Gasteiger partial charge in [-0.3, -0.25) is 4.79 Å². The van der Waals surface area contributed by atoms with Crippen LogP contribution in [0.1, 0.15) is 5.56 Å². The van der Waals surface area contributed by atoms with E-state index in [-0.39, 0.29) is 12.5 Å². The molecule has 7 heteroatoms. The van der Waals surface area contributed by atoms with Crippen LogP contribution in [-0.4, -0.2) is 26.7 Å². The zero-order valence-corrected chi connectivity index (χ0v) is 18.3. The molecule has 168 valence electrons. The van der Waals surface area contributed by atoms with Crippen molar-refractivity contribution >= 4 is 16.9 Å². The lowest BCUT2D eigenvalue weighted by Crippen LogP contribution is -2.28. The summed E-state index contributed by atoms with van der Waals surface area (Å²) in [6.45, 7) is 0.136. The van der Waals surface area contributed by atoms with E-state index in [1.807, 2.05) is 42.5 Å². The molecule has 4 rings (SSSR count). The first-order chi connectivity index (χ1) is 16.1. The maximum atomic E-state index is 12.3. The first kappa shape index (κ1) is 22.0. The average Bonchev–Trinajstić information content (AvgIpc) is 2.85. The molecule has 0 unspecified atom stereocenters. The quantitative estimate of drug-likeness (QED) is 0.410. The van der Waals surface area contributed by atoms with Crippen molar-refractivity contribution in [1.82, 2.24) is 5.32 Å². The number of ether oxygens (including phenoxy) is 3. The van der Waals surface area contributed by atoms with E-state index in [0.29, 0.717) is 29.4 Å². The summed E-state index contributed by atoms with van der Waals surface area (Å²) in [5.41, 5.74) is 2.50. The third-order valence-electron chi connectivity index (χ3n) is 5.11. The van der Waals surface area contributed by atoms with Gasteiger partial charge >= 0.3 is 5.63 Å².